The molecule has 2 N–H and O–H groups in total. The standard InChI is InChI=1S/C13H14F3NO4/c1-7-3-4-8(5-10(7)21-2)11(18)17-9(12(19)20)6-13(14,15)16/h3-5,9H,6H2,1-2H3,(H,17,18)(H,19,20). The molecule has 21 heavy (non-hydrogen) atoms. The van der Waals surface area contributed by atoms with Crippen molar-refractivity contribution in [2.45, 2.75) is 25.6 Å². The number of nitrogens with one attached hydrogen (secondary N) is 1. The number of halogens is 3. The van der Waals surface area contributed by atoms with Crippen molar-refractivity contribution in [2.24, 2.45) is 0 Å². The van der Waals surface area contributed by atoms with Gasteiger partial charge in [0.1, 0.15) is 11.8 Å². The van der Waals surface area contributed by atoms with E-state index in [0.717, 1.165) is 5.56 Å². The van der Waals surface area contributed by atoms with Crippen molar-refractivity contribution >= 4 is 11.9 Å². The number of hydrogen-bond acceptors (Lipinski definition) is 3. The number of carbonyl (C=O) groups is 2. The van der Waals surface area contributed by atoms with Gasteiger partial charge in [-0.15, -0.1) is 0 Å². The molecule has 0 bridgehead atoms. The molecule has 0 fully saturated rings. The number of benzene rings is 1. The third kappa shape index (κ3) is 4.97. The normalized spacial score (nSPS) is 12.6. The Labute approximate surface area is 118 Å². The highest BCUT2D eigenvalue weighted by Crippen LogP contribution is 2.22. The van der Waals surface area contributed by atoms with Gasteiger partial charge in [-0.05, 0) is 24.6 Å². The fourth-order valence-corrected chi connectivity index (χ4v) is 1.63. The molecule has 1 atom stereocenters. The Morgan fingerprint density at radius 1 is 1.38 bits per heavy atom. The van der Waals surface area contributed by atoms with Gasteiger partial charge in [0.15, 0.2) is 0 Å². The predicted octanol–water partition coefficient (Wildman–Crippen LogP) is 2.14. The van der Waals surface area contributed by atoms with E-state index < -0.39 is 30.5 Å². The van der Waals surface area contributed by atoms with E-state index in [0.29, 0.717) is 5.75 Å². The van der Waals surface area contributed by atoms with E-state index in [-0.39, 0.29) is 5.56 Å². The number of carbonyl (C=O) groups excluding carboxylic acids is 1. The van der Waals surface area contributed by atoms with Gasteiger partial charge >= 0.3 is 12.1 Å². The number of aliphatic carboxylic acids is 1. The van der Waals surface area contributed by atoms with Crippen molar-refractivity contribution < 1.29 is 32.6 Å². The highest BCUT2D eigenvalue weighted by atomic mass is 19.4. The molecule has 1 unspecified atom stereocenters. The second-order valence-electron chi connectivity index (χ2n) is 4.37. The van der Waals surface area contributed by atoms with Crippen LogP contribution < -0.4 is 10.1 Å². The molecule has 0 aliphatic rings. The zero-order valence-corrected chi connectivity index (χ0v) is 11.3. The zero-order valence-electron chi connectivity index (χ0n) is 11.3. The topological polar surface area (TPSA) is 75.6 Å². The third-order valence-corrected chi connectivity index (χ3v) is 2.71. The average molecular weight is 305 g/mol. The fraction of sp³-hybridized carbons (Fsp3) is 0.385. The molecule has 0 aromatic heterocycles. The van der Waals surface area contributed by atoms with Gasteiger partial charge in [0.05, 0.1) is 13.5 Å². The molecule has 116 valence electrons. The summed E-state index contributed by atoms with van der Waals surface area (Å²) < 4.78 is 41.8. The van der Waals surface area contributed by atoms with Gasteiger partial charge < -0.3 is 15.2 Å². The Balaban J connectivity index is 2.89. The second-order valence-corrected chi connectivity index (χ2v) is 4.37. The van der Waals surface area contributed by atoms with Crippen LogP contribution in [0.3, 0.4) is 0 Å². The molecule has 0 spiro atoms. The predicted molar refractivity (Wildman–Crippen MR) is 67.3 cm³/mol. The summed E-state index contributed by atoms with van der Waals surface area (Å²) in [6.45, 7) is 1.73. The monoisotopic (exact) mass is 305 g/mol. The quantitative estimate of drug-likeness (QED) is 0.874. The van der Waals surface area contributed by atoms with Crippen LogP contribution >= 0.6 is 0 Å². The highest BCUT2D eigenvalue weighted by Gasteiger charge is 2.36. The maximum absolute atomic E-state index is 12.3. The van der Waals surface area contributed by atoms with Gasteiger partial charge in [-0.1, -0.05) is 6.07 Å². The van der Waals surface area contributed by atoms with Gasteiger partial charge in [-0.25, -0.2) is 4.79 Å². The molecule has 5 nitrogen and oxygen atoms in total. The van der Waals surface area contributed by atoms with E-state index in [1.165, 1.54) is 19.2 Å². The molecule has 0 saturated heterocycles. The minimum Gasteiger partial charge on any atom is -0.496 e. The molecule has 8 heteroatoms. The summed E-state index contributed by atoms with van der Waals surface area (Å²) in [5.74, 6) is -2.28. The first-order valence-electron chi connectivity index (χ1n) is 5.89. The number of aryl methyl sites for hydroxylation is 1. The molecular formula is C13H14F3NO4. The van der Waals surface area contributed by atoms with Gasteiger partial charge in [-0.2, -0.15) is 13.2 Å². The first kappa shape index (κ1) is 16.8. The zero-order chi connectivity index (χ0) is 16.2. The number of carboxylic acids is 1. The maximum atomic E-state index is 12.3. The lowest BCUT2D eigenvalue weighted by atomic mass is 10.1. The number of ether oxygens (including phenoxy) is 1. The highest BCUT2D eigenvalue weighted by molar-refractivity contribution is 5.97. The lowest BCUT2D eigenvalue weighted by Crippen LogP contribution is -2.43. The Bertz CT molecular complexity index is 543. The number of hydrogen-bond donors (Lipinski definition) is 2. The van der Waals surface area contributed by atoms with Crippen LogP contribution in [0.2, 0.25) is 0 Å². The number of alkyl halides is 3. The van der Waals surface area contributed by atoms with Crippen LogP contribution in [0.25, 0.3) is 0 Å². The summed E-state index contributed by atoms with van der Waals surface area (Å²) in [7, 11) is 1.38. The Morgan fingerprint density at radius 3 is 2.48 bits per heavy atom. The van der Waals surface area contributed by atoms with Crippen molar-refractivity contribution in [1.82, 2.24) is 5.32 Å². The van der Waals surface area contributed by atoms with E-state index in [1.807, 2.05) is 5.32 Å². The molecule has 0 aliphatic carbocycles. The Morgan fingerprint density at radius 2 is 2.00 bits per heavy atom. The van der Waals surface area contributed by atoms with Crippen molar-refractivity contribution in [3.8, 4) is 5.75 Å². The van der Waals surface area contributed by atoms with Gasteiger partial charge in [-0.3, -0.25) is 4.79 Å². The molecule has 0 heterocycles. The lowest BCUT2D eigenvalue weighted by molar-refractivity contribution is -0.157. The van der Waals surface area contributed by atoms with E-state index >= 15 is 0 Å². The van der Waals surface area contributed by atoms with Crippen LogP contribution in [0.5, 0.6) is 5.75 Å². The van der Waals surface area contributed by atoms with Crippen molar-refractivity contribution in [3.05, 3.63) is 29.3 Å². The summed E-state index contributed by atoms with van der Waals surface area (Å²) in [5, 5.41) is 10.6. The third-order valence-electron chi connectivity index (χ3n) is 2.71. The minimum absolute atomic E-state index is 0.0193. The Kier molecular flexibility index (Phi) is 5.17. The molecule has 1 amide bonds. The summed E-state index contributed by atoms with van der Waals surface area (Å²) in [6, 6.07) is 2.22. The van der Waals surface area contributed by atoms with Crippen LogP contribution in [0.4, 0.5) is 13.2 Å². The van der Waals surface area contributed by atoms with Gasteiger partial charge in [0.25, 0.3) is 5.91 Å². The fourth-order valence-electron chi connectivity index (χ4n) is 1.63. The van der Waals surface area contributed by atoms with Crippen LogP contribution in [-0.2, 0) is 4.79 Å². The molecule has 0 radical (unpaired) electrons. The molecular weight excluding hydrogens is 291 g/mol. The Hall–Kier alpha value is -2.25. The van der Waals surface area contributed by atoms with E-state index in [4.69, 9.17) is 9.84 Å². The van der Waals surface area contributed by atoms with E-state index in [2.05, 4.69) is 0 Å². The number of methoxy groups -OCH3 is 1. The molecule has 1 rings (SSSR count). The molecule has 1 aromatic carbocycles. The van der Waals surface area contributed by atoms with Crippen LogP contribution in [0.1, 0.15) is 22.3 Å². The minimum atomic E-state index is -4.69. The molecule has 0 saturated carbocycles. The number of rotatable bonds is 5. The van der Waals surface area contributed by atoms with Crippen molar-refractivity contribution in [1.29, 1.82) is 0 Å². The van der Waals surface area contributed by atoms with Crippen molar-refractivity contribution in [3.63, 3.8) is 0 Å². The number of amides is 1. The largest absolute Gasteiger partial charge is 0.496 e. The molecule has 1 aromatic rings. The second kappa shape index (κ2) is 6.47. The SMILES string of the molecule is COc1cc(C(=O)NC(CC(F)(F)F)C(=O)O)ccc1C. The maximum Gasteiger partial charge on any atom is 0.391 e. The van der Waals surface area contributed by atoms with E-state index in [9.17, 15) is 22.8 Å². The van der Waals surface area contributed by atoms with Gasteiger partial charge in [0.2, 0.25) is 0 Å². The van der Waals surface area contributed by atoms with E-state index in [1.54, 1.807) is 13.0 Å². The van der Waals surface area contributed by atoms with Crippen LogP contribution in [0.15, 0.2) is 18.2 Å². The molecule has 0 aliphatic heterocycles. The number of carboxylic acid groups (broad SMARTS) is 1. The summed E-state index contributed by atoms with van der Waals surface area (Å²) in [4.78, 5) is 22.6. The summed E-state index contributed by atoms with van der Waals surface area (Å²) in [6.07, 6.45) is -6.33. The van der Waals surface area contributed by atoms with Crippen molar-refractivity contribution in [2.75, 3.05) is 7.11 Å². The van der Waals surface area contributed by atoms with Gasteiger partial charge in [0, 0.05) is 5.56 Å². The van der Waals surface area contributed by atoms with Crippen LogP contribution in [-0.4, -0.2) is 36.3 Å². The first-order valence-corrected chi connectivity index (χ1v) is 5.89. The lowest BCUT2D eigenvalue weighted by Gasteiger charge is -2.16. The van der Waals surface area contributed by atoms with Crippen LogP contribution in [0, 0.1) is 6.92 Å². The smallest absolute Gasteiger partial charge is 0.391 e. The first-order chi connectivity index (χ1) is 9.64. The summed E-state index contributed by atoms with van der Waals surface area (Å²) in [5.41, 5.74) is 0.755. The average Bonchev–Trinajstić information content (AvgIpc) is 2.36. The summed E-state index contributed by atoms with van der Waals surface area (Å²) >= 11 is 0.